The first kappa shape index (κ1) is 14.1. The quantitative estimate of drug-likeness (QED) is 0.906. The Hall–Kier alpha value is -1.90. The zero-order valence-electron chi connectivity index (χ0n) is 12.9. The minimum absolute atomic E-state index is 0.0283. The molecule has 21 heavy (non-hydrogen) atoms. The summed E-state index contributed by atoms with van der Waals surface area (Å²) in [5, 5.41) is 3.64. The normalized spacial score (nSPS) is 14.0. The van der Waals surface area contributed by atoms with Gasteiger partial charge in [-0.15, -0.1) is 0 Å². The van der Waals surface area contributed by atoms with Crippen LogP contribution in [-0.4, -0.2) is 15.5 Å². The van der Waals surface area contributed by atoms with Gasteiger partial charge in [-0.2, -0.15) is 0 Å². The number of aromatic nitrogens is 2. The molecule has 3 rings (SSSR count). The van der Waals surface area contributed by atoms with E-state index in [2.05, 4.69) is 59.5 Å². The van der Waals surface area contributed by atoms with Crippen molar-refractivity contribution in [3.8, 4) is 0 Å². The number of aryl methyl sites for hydroxylation is 2. The van der Waals surface area contributed by atoms with E-state index in [9.17, 15) is 0 Å². The van der Waals surface area contributed by atoms with Gasteiger partial charge in [-0.1, -0.05) is 30.3 Å². The van der Waals surface area contributed by atoms with Crippen molar-refractivity contribution in [1.82, 2.24) is 9.97 Å². The Bertz CT molecular complexity index is 605. The van der Waals surface area contributed by atoms with Gasteiger partial charge in [0.1, 0.15) is 12.1 Å². The standard InChI is InChI=1S/C18H23N3/c1-18(2,12-11-14-7-4-3-5-8-14)21-17-15-9-6-10-16(15)19-13-20-17/h3-5,7-8,13H,6,9-12H2,1-2H3,(H,19,20,21). The van der Waals surface area contributed by atoms with E-state index in [0.717, 1.165) is 31.5 Å². The molecule has 2 aromatic rings. The highest BCUT2D eigenvalue weighted by Crippen LogP contribution is 2.28. The van der Waals surface area contributed by atoms with Gasteiger partial charge in [-0.3, -0.25) is 0 Å². The van der Waals surface area contributed by atoms with Gasteiger partial charge in [0.05, 0.1) is 0 Å². The molecule has 1 heterocycles. The van der Waals surface area contributed by atoms with Crippen LogP contribution in [0.5, 0.6) is 0 Å². The van der Waals surface area contributed by atoms with Crippen molar-refractivity contribution in [1.29, 1.82) is 0 Å². The average molecular weight is 281 g/mol. The van der Waals surface area contributed by atoms with Gasteiger partial charge in [0.15, 0.2) is 0 Å². The Morgan fingerprint density at radius 1 is 1.10 bits per heavy atom. The Morgan fingerprint density at radius 2 is 1.90 bits per heavy atom. The maximum absolute atomic E-state index is 4.47. The lowest BCUT2D eigenvalue weighted by Crippen LogP contribution is -2.32. The maximum Gasteiger partial charge on any atom is 0.133 e. The van der Waals surface area contributed by atoms with Crippen molar-refractivity contribution in [3.63, 3.8) is 0 Å². The minimum atomic E-state index is 0.0283. The van der Waals surface area contributed by atoms with Gasteiger partial charge in [0.2, 0.25) is 0 Å². The summed E-state index contributed by atoms with van der Waals surface area (Å²) in [6, 6.07) is 10.7. The largest absolute Gasteiger partial charge is 0.365 e. The molecule has 0 bridgehead atoms. The van der Waals surface area contributed by atoms with Crippen LogP contribution in [0, 0.1) is 0 Å². The van der Waals surface area contributed by atoms with E-state index >= 15 is 0 Å². The summed E-state index contributed by atoms with van der Waals surface area (Å²) in [7, 11) is 0. The summed E-state index contributed by atoms with van der Waals surface area (Å²) in [6.07, 6.45) is 7.25. The number of rotatable bonds is 5. The van der Waals surface area contributed by atoms with E-state index in [4.69, 9.17) is 0 Å². The molecule has 0 saturated heterocycles. The Morgan fingerprint density at radius 3 is 2.71 bits per heavy atom. The molecule has 0 fully saturated rings. The number of fused-ring (bicyclic) bond motifs is 1. The lowest BCUT2D eigenvalue weighted by molar-refractivity contribution is 0.515. The fourth-order valence-corrected chi connectivity index (χ4v) is 2.95. The van der Waals surface area contributed by atoms with Gasteiger partial charge in [-0.05, 0) is 51.5 Å². The van der Waals surface area contributed by atoms with Crippen LogP contribution in [0.4, 0.5) is 5.82 Å². The van der Waals surface area contributed by atoms with E-state index in [1.807, 2.05) is 0 Å². The molecular weight excluding hydrogens is 258 g/mol. The van der Waals surface area contributed by atoms with Crippen LogP contribution in [0.3, 0.4) is 0 Å². The fourth-order valence-electron chi connectivity index (χ4n) is 2.95. The second-order valence-corrected chi connectivity index (χ2v) is 6.50. The van der Waals surface area contributed by atoms with E-state index in [-0.39, 0.29) is 5.54 Å². The summed E-state index contributed by atoms with van der Waals surface area (Å²) in [6.45, 7) is 4.50. The maximum atomic E-state index is 4.47. The molecular formula is C18H23N3. The molecule has 3 heteroatoms. The molecule has 0 spiro atoms. The van der Waals surface area contributed by atoms with Crippen LogP contribution >= 0.6 is 0 Å². The van der Waals surface area contributed by atoms with Gasteiger partial charge >= 0.3 is 0 Å². The van der Waals surface area contributed by atoms with Crippen molar-refractivity contribution in [2.24, 2.45) is 0 Å². The van der Waals surface area contributed by atoms with Gasteiger partial charge < -0.3 is 5.32 Å². The van der Waals surface area contributed by atoms with Crippen LogP contribution in [0.2, 0.25) is 0 Å². The number of anilines is 1. The first-order chi connectivity index (χ1) is 10.1. The summed E-state index contributed by atoms with van der Waals surface area (Å²) < 4.78 is 0. The zero-order chi connectivity index (χ0) is 14.7. The third-order valence-corrected chi connectivity index (χ3v) is 4.21. The van der Waals surface area contributed by atoms with E-state index in [1.54, 1.807) is 6.33 Å². The van der Waals surface area contributed by atoms with Crippen molar-refractivity contribution < 1.29 is 0 Å². The molecule has 0 saturated carbocycles. The smallest absolute Gasteiger partial charge is 0.133 e. The number of benzene rings is 1. The highest BCUT2D eigenvalue weighted by atomic mass is 15.1. The van der Waals surface area contributed by atoms with E-state index in [1.165, 1.54) is 23.2 Å². The predicted octanol–water partition coefficient (Wildman–Crippen LogP) is 3.79. The first-order valence-corrected chi connectivity index (χ1v) is 7.79. The van der Waals surface area contributed by atoms with Crippen LogP contribution < -0.4 is 5.32 Å². The highest BCUT2D eigenvalue weighted by molar-refractivity contribution is 5.49. The van der Waals surface area contributed by atoms with Crippen LogP contribution in [0.1, 0.15) is 43.5 Å². The molecule has 0 atom stereocenters. The van der Waals surface area contributed by atoms with Gasteiger partial charge in [0, 0.05) is 16.8 Å². The molecule has 0 unspecified atom stereocenters. The number of nitrogens with zero attached hydrogens (tertiary/aromatic N) is 2. The predicted molar refractivity (Wildman–Crippen MR) is 86.5 cm³/mol. The van der Waals surface area contributed by atoms with Crippen molar-refractivity contribution in [2.45, 2.75) is 51.5 Å². The Labute approximate surface area is 126 Å². The lowest BCUT2D eigenvalue weighted by Gasteiger charge is -2.28. The number of nitrogens with one attached hydrogen (secondary N) is 1. The van der Waals surface area contributed by atoms with Crippen LogP contribution in [0.15, 0.2) is 36.7 Å². The monoisotopic (exact) mass is 281 g/mol. The fraction of sp³-hybridized carbons (Fsp3) is 0.444. The van der Waals surface area contributed by atoms with Crippen molar-refractivity contribution >= 4 is 5.82 Å². The highest BCUT2D eigenvalue weighted by Gasteiger charge is 2.23. The van der Waals surface area contributed by atoms with E-state index < -0.39 is 0 Å². The second-order valence-electron chi connectivity index (χ2n) is 6.50. The molecule has 0 radical (unpaired) electrons. The van der Waals surface area contributed by atoms with Crippen molar-refractivity contribution in [3.05, 3.63) is 53.5 Å². The van der Waals surface area contributed by atoms with Gasteiger partial charge in [0.25, 0.3) is 0 Å². The first-order valence-electron chi connectivity index (χ1n) is 7.79. The molecule has 1 aliphatic carbocycles. The topological polar surface area (TPSA) is 37.8 Å². The lowest BCUT2D eigenvalue weighted by atomic mass is 9.95. The Balaban J connectivity index is 1.67. The average Bonchev–Trinajstić information content (AvgIpc) is 2.96. The molecule has 0 amide bonds. The third-order valence-electron chi connectivity index (χ3n) is 4.21. The number of hydrogen-bond donors (Lipinski definition) is 1. The number of hydrogen-bond acceptors (Lipinski definition) is 3. The van der Waals surface area contributed by atoms with Crippen molar-refractivity contribution in [2.75, 3.05) is 5.32 Å². The molecule has 1 aromatic carbocycles. The third kappa shape index (κ3) is 3.41. The zero-order valence-corrected chi connectivity index (χ0v) is 12.9. The SMILES string of the molecule is CC(C)(CCc1ccccc1)Nc1ncnc2c1CCC2. The van der Waals surface area contributed by atoms with Crippen LogP contribution in [-0.2, 0) is 19.3 Å². The molecule has 1 N–H and O–H groups in total. The molecule has 110 valence electrons. The summed E-state index contributed by atoms with van der Waals surface area (Å²) in [5.41, 5.74) is 3.97. The Kier molecular flexibility index (Phi) is 3.91. The van der Waals surface area contributed by atoms with E-state index in [0.29, 0.717) is 0 Å². The summed E-state index contributed by atoms with van der Waals surface area (Å²) >= 11 is 0. The van der Waals surface area contributed by atoms with Crippen LogP contribution in [0.25, 0.3) is 0 Å². The molecule has 1 aliphatic rings. The summed E-state index contributed by atoms with van der Waals surface area (Å²) in [5.74, 6) is 1.04. The second kappa shape index (κ2) is 5.84. The molecule has 1 aromatic heterocycles. The van der Waals surface area contributed by atoms with Gasteiger partial charge in [-0.25, -0.2) is 9.97 Å². The molecule has 3 nitrogen and oxygen atoms in total. The molecule has 0 aliphatic heterocycles. The minimum Gasteiger partial charge on any atom is -0.365 e. The summed E-state index contributed by atoms with van der Waals surface area (Å²) in [4.78, 5) is 8.86.